The SMILES string of the molecule is Fc1cccc(C2=NC3CNCC3N2)c1. The Morgan fingerprint density at radius 2 is 2.27 bits per heavy atom. The van der Waals surface area contributed by atoms with Crippen molar-refractivity contribution in [1.29, 1.82) is 0 Å². The van der Waals surface area contributed by atoms with Gasteiger partial charge in [-0.05, 0) is 12.1 Å². The van der Waals surface area contributed by atoms with Crippen molar-refractivity contribution in [1.82, 2.24) is 10.6 Å². The van der Waals surface area contributed by atoms with Crippen LogP contribution in [0.25, 0.3) is 0 Å². The molecule has 1 fully saturated rings. The fourth-order valence-corrected chi connectivity index (χ4v) is 2.12. The molecule has 3 rings (SSSR count). The smallest absolute Gasteiger partial charge is 0.129 e. The number of hydrogen-bond donors (Lipinski definition) is 2. The molecule has 2 aliphatic rings. The molecule has 0 saturated carbocycles. The second-order valence-corrected chi connectivity index (χ2v) is 3.96. The highest BCUT2D eigenvalue weighted by Gasteiger charge is 2.32. The third-order valence-electron chi connectivity index (χ3n) is 2.90. The fourth-order valence-electron chi connectivity index (χ4n) is 2.12. The Morgan fingerprint density at radius 1 is 1.33 bits per heavy atom. The average molecular weight is 205 g/mol. The van der Waals surface area contributed by atoms with Crippen molar-refractivity contribution in [3.8, 4) is 0 Å². The van der Waals surface area contributed by atoms with Crippen LogP contribution in [0.3, 0.4) is 0 Å². The van der Waals surface area contributed by atoms with Crippen LogP contribution in [0, 0.1) is 5.82 Å². The van der Waals surface area contributed by atoms with Gasteiger partial charge in [0.2, 0.25) is 0 Å². The molecule has 2 unspecified atom stereocenters. The maximum absolute atomic E-state index is 13.0. The Balaban J connectivity index is 1.90. The van der Waals surface area contributed by atoms with Gasteiger partial charge in [-0.3, -0.25) is 4.99 Å². The minimum absolute atomic E-state index is 0.216. The minimum atomic E-state index is -0.216. The molecule has 4 heteroatoms. The fraction of sp³-hybridized carbons (Fsp3) is 0.364. The van der Waals surface area contributed by atoms with Crippen LogP contribution in [0.15, 0.2) is 29.3 Å². The molecule has 0 aromatic heterocycles. The first-order valence-corrected chi connectivity index (χ1v) is 5.14. The molecule has 1 aromatic rings. The van der Waals surface area contributed by atoms with Crippen LogP contribution in [-0.2, 0) is 0 Å². The quantitative estimate of drug-likeness (QED) is 0.701. The first-order valence-electron chi connectivity index (χ1n) is 5.14. The average Bonchev–Trinajstić information content (AvgIpc) is 2.76. The Hall–Kier alpha value is -1.42. The summed E-state index contributed by atoms with van der Waals surface area (Å²) in [5.41, 5.74) is 0.837. The maximum Gasteiger partial charge on any atom is 0.129 e. The van der Waals surface area contributed by atoms with Gasteiger partial charge in [0.05, 0.1) is 12.1 Å². The molecule has 0 radical (unpaired) electrons. The summed E-state index contributed by atoms with van der Waals surface area (Å²) in [7, 11) is 0. The molecule has 0 aliphatic carbocycles. The molecule has 15 heavy (non-hydrogen) atoms. The molecule has 2 heterocycles. The second kappa shape index (κ2) is 3.31. The van der Waals surface area contributed by atoms with Crippen LogP contribution in [0.2, 0.25) is 0 Å². The highest BCUT2D eigenvalue weighted by Crippen LogP contribution is 2.15. The summed E-state index contributed by atoms with van der Waals surface area (Å²) in [6.07, 6.45) is 0. The van der Waals surface area contributed by atoms with Gasteiger partial charge in [0.1, 0.15) is 11.7 Å². The van der Waals surface area contributed by atoms with Crippen LogP contribution in [0.1, 0.15) is 5.56 Å². The summed E-state index contributed by atoms with van der Waals surface area (Å²) in [6.45, 7) is 1.85. The van der Waals surface area contributed by atoms with E-state index in [1.165, 1.54) is 12.1 Å². The molecule has 0 spiro atoms. The largest absolute Gasteiger partial charge is 0.364 e. The van der Waals surface area contributed by atoms with Gasteiger partial charge in [-0.15, -0.1) is 0 Å². The van der Waals surface area contributed by atoms with Crippen LogP contribution in [0.4, 0.5) is 4.39 Å². The number of nitrogens with zero attached hydrogens (tertiary/aromatic N) is 1. The van der Waals surface area contributed by atoms with E-state index in [1.807, 2.05) is 6.07 Å². The Bertz CT molecular complexity index is 416. The van der Waals surface area contributed by atoms with Gasteiger partial charge in [-0.1, -0.05) is 12.1 Å². The van der Waals surface area contributed by atoms with Crippen LogP contribution >= 0.6 is 0 Å². The van der Waals surface area contributed by atoms with E-state index in [4.69, 9.17) is 0 Å². The van der Waals surface area contributed by atoms with Crippen molar-refractivity contribution in [3.05, 3.63) is 35.6 Å². The van der Waals surface area contributed by atoms with Crippen molar-refractivity contribution in [2.75, 3.05) is 13.1 Å². The van der Waals surface area contributed by atoms with E-state index in [0.29, 0.717) is 12.1 Å². The third kappa shape index (κ3) is 1.51. The number of aliphatic imine (C=N–C) groups is 1. The molecular weight excluding hydrogens is 193 g/mol. The van der Waals surface area contributed by atoms with Gasteiger partial charge in [0.25, 0.3) is 0 Å². The molecule has 1 aromatic carbocycles. The molecule has 2 atom stereocenters. The highest BCUT2D eigenvalue weighted by molar-refractivity contribution is 6.00. The van der Waals surface area contributed by atoms with Crippen molar-refractivity contribution in [2.24, 2.45) is 4.99 Å². The van der Waals surface area contributed by atoms with Gasteiger partial charge in [0.15, 0.2) is 0 Å². The summed E-state index contributed by atoms with van der Waals surface area (Å²) in [5.74, 6) is 0.609. The zero-order valence-electron chi connectivity index (χ0n) is 8.20. The Morgan fingerprint density at radius 3 is 3.07 bits per heavy atom. The topological polar surface area (TPSA) is 36.4 Å². The van der Waals surface area contributed by atoms with E-state index < -0.39 is 0 Å². The van der Waals surface area contributed by atoms with Gasteiger partial charge in [-0.25, -0.2) is 4.39 Å². The number of nitrogens with one attached hydrogen (secondary N) is 2. The van der Waals surface area contributed by atoms with Gasteiger partial charge >= 0.3 is 0 Å². The molecular formula is C11H12FN3. The van der Waals surface area contributed by atoms with E-state index in [2.05, 4.69) is 15.6 Å². The lowest BCUT2D eigenvalue weighted by Crippen LogP contribution is -2.35. The van der Waals surface area contributed by atoms with Gasteiger partial charge in [-0.2, -0.15) is 0 Å². The molecule has 0 bridgehead atoms. The zero-order chi connectivity index (χ0) is 10.3. The first-order chi connectivity index (χ1) is 7.33. The molecule has 3 nitrogen and oxygen atoms in total. The predicted molar refractivity (Wildman–Crippen MR) is 56.5 cm³/mol. The minimum Gasteiger partial charge on any atom is -0.364 e. The normalized spacial score (nSPS) is 28.5. The molecule has 2 N–H and O–H groups in total. The lowest BCUT2D eigenvalue weighted by Gasteiger charge is -2.08. The summed E-state index contributed by atoms with van der Waals surface area (Å²) in [4.78, 5) is 4.54. The number of rotatable bonds is 1. The Labute approximate surface area is 87.4 Å². The number of fused-ring (bicyclic) bond motifs is 1. The van der Waals surface area contributed by atoms with Gasteiger partial charge in [0, 0.05) is 18.7 Å². The van der Waals surface area contributed by atoms with E-state index in [9.17, 15) is 4.39 Å². The predicted octanol–water partition coefficient (Wildman–Crippen LogP) is 0.516. The lowest BCUT2D eigenvalue weighted by molar-refractivity contribution is 0.626. The summed E-state index contributed by atoms with van der Waals surface area (Å²) < 4.78 is 13.0. The second-order valence-electron chi connectivity index (χ2n) is 3.96. The number of halogens is 1. The van der Waals surface area contributed by atoms with Crippen molar-refractivity contribution in [3.63, 3.8) is 0 Å². The molecule has 0 amide bonds. The first kappa shape index (κ1) is 8.85. The lowest BCUT2D eigenvalue weighted by atomic mass is 10.2. The van der Waals surface area contributed by atoms with E-state index in [-0.39, 0.29) is 5.82 Å². The van der Waals surface area contributed by atoms with Crippen molar-refractivity contribution >= 4 is 5.84 Å². The maximum atomic E-state index is 13.0. The van der Waals surface area contributed by atoms with E-state index in [1.54, 1.807) is 6.07 Å². The standard InChI is InChI=1S/C11H12FN3/c12-8-3-1-2-7(4-8)11-14-9-5-13-6-10(9)15-11/h1-4,9-10,13H,5-6H2,(H,14,15). The molecule has 78 valence electrons. The monoisotopic (exact) mass is 205 g/mol. The highest BCUT2D eigenvalue weighted by atomic mass is 19.1. The van der Waals surface area contributed by atoms with Crippen molar-refractivity contribution < 1.29 is 4.39 Å². The van der Waals surface area contributed by atoms with Crippen molar-refractivity contribution in [2.45, 2.75) is 12.1 Å². The van der Waals surface area contributed by atoms with E-state index >= 15 is 0 Å². The Kier molecular flexibility index (Phi) is 1.95. The molecule has 2 aliphatic heterocycles. The summed E-state index contributed by atoms with van der Waals surface area (Å²) >= 11 is 0. The van der Waals surface area contributed by atoms with Crippen LogP contribution in [-0.4, -0.2) is 31.0 Å². The molecule has 1 saturated heterocycles. The third-order valence-corrected chi connectivity index (χ3v) is 2.90. The van der Waals surface area contributed by atoms with Crippen LogP contribution < -0.4 is 10.6 Å². The van der Waals surface area contributed by atoms with Crippen LogP contribution in [0.5, 0.6) is 0 Å². The summed E-state index contributed by atoms with van der Waals surface area (Å²) in [5, 5.41) is 6.58. The summed E-state index contributed by atoms with van der Waals surface area (Å²) in [6, 6.07) is 7.23. The number of hydrogen-bond acceptors (Lipinski definition) is 3. The van der Waals surface area contributed by atoms with E-state index in [0.717, 1.165) is 24.5 Å². The number of amidine groups is 1. The zero-order valence-corrected chi connectivity index (χ0v) is 8.20. The number of benzene rings is 1. The van der Waals surface area contributed by atoms with Gasteiger partial charge < -0.3 is 10.6 Å².